The summed E-state index contributed by atoms with van der Waals surface area (Å²) in [5.41, 5.74) is 0.342. The van der Waals surface area contributed by atoms with Gasteiger partial charge < -0.3 is 54.1 Å². The van der Waals surface area contributed by atoms with Crippen LogP contribution in [0.2, 0.25) is 238 Å². The maximum absolute atomic E-state index is 13.1. The van der Waals surface area contributed by atoms with E-state index in [0.29, 0.717) is 18.0 Å². The van der Waals surface area contributed by atoms with Crippen LogP contribution in [0.4, 0.5) is 0 Å². The molecule has 14 nitrogen and oxygen atoms in total. The molecular formula is C46H122O14Si16. The molecule has 0 saturated heterocycles. The zero-order valence-electron chi connectivity index (χ0n) is 56.3. The van der Waals surface area contributed by atoms with Crippen LogP contribution in [0.1, 0.15) is 34.1 Å². The van der Waals surface area contributed by atoms with Crippen LogP contribution in [0.3, 0.4) is 0 Å². The lowest BCUT2D eigenvalue weighted by Crippen LogP contribution is -2.72. The van der Waals surface area contributed by atoms with Gasteiger partial charge in [-0.2, -0.15) is 0 Å². The van der Waals surface area contributed by atoms with Crippen molar-refractivity contribution < 1.29 is 58.9 Å². The Hall–Kier alpha value is 2.20. The second-order valence-corrected chi connectivity index (χ2v) is 102. The third-order valence-electron chi connectivity index (χ3n) is 11.2. The van der Waals surface area contributed by atoms with E-state index in [1.54, 1.807) is 6.92 Å². The van der Waals surface area contributed by atoms with E-state index in [1.807, 2.05) is 0 Å². The minimum atomic E-state index is -4.11. The Labute approximate surface area is 486 Å². The van der Waals surface area contributed by atoms with E-state index in [0.717, 1.165) is 0 Å². The van der Waals surface area contributed by atoms with Gasteiger partial charge in [-0.15, -0.1) is 0 Å². The highest BCUT2D eigenvalue weighted by Crippen LogP contribution is 2.49. The molecule has 0 saturated carbocycles. The van der Waals surface area contributed by atoms with Gasteiger partial charge in [-0.05, 0) is 229 Å². The fraction of sp³-hybridized carbons (Fsp3) is 0.935. The Morgan fingerprint density at radius 3 is 0.645 bits per heavy atom. The highest BCUT2D eigenvalue weighted by molar-refractivity contribution is 7.04. The summed E-state index contributed by atoms with van der Waals surface area (Å²) in [6, 6.07) is 0.361. The summed E-state index contributed by atoms with van der Waals surface area (Å²) < 4.78 is 98.5. The first kappa shape index (κ1) is 78.2. The topological polar surface area (TPSA) is 137 Å². The van der Waals surface area contributed by atoms with Crippen LogP contribution >= 0.6 is 0 Å². The highest BCUT2D eigenvalue weighted by Gasteiger charge is 2.68. The Morgan fingerprint density at radius 1 is 0.329 bits per heavy atom. The molecule has 0 N–H and O–H groups in total. The number of hydrogen-bond donors (Lipinski definition) is 0. The number of rotatable bonds is 35. The summed E-state index contributed by atoms with van der Waals surface area (Å²) in [6.45, 7) is 86.4. The van der Waals surface area contributed by atoms with E-state index in [9.17, 15) is 4.79 Å². The van der Waals surface area contributed by atoms with Crippen LogP contribution in [-0.4, -0.2) is 148 Å². The summed E-state index contributed by atoms with van der Waals surface area (Å²) in [5.74, 6) is -0.436. The standard InChI is InChI=1S/C46H122O14Si16/c1-42(2)46(47)48-40-39-41-73(58-70(33,34)43(3)74(49-61(6,7)8,50-62(9,10)11)51-63(12,13)14,59-71(35,36)44(4)75(52-64(15,16)17,53-65(18,19)20)54-66(21,22)23)60-72(37,38)45(5)76(55-67(24,25)26,56-68(27,28)29)57-69(30,31)32/h43-45H,1,39-41H2,2-38H3. The Balaban J connectivity index is 9.54. The van der Waals surface area contributed by atoms with Crippen molar-refractivity contribution in [1.82, 2.24) is 0 Å². The molecule has 454 valence electrons. The molecule has 0 aromatic rings. The Bertz CT molecular complexity index is 1560. The molecule has 0 aliphatic rings. The summed E-state index contributed by atoms with van der Waals surface area (Å²) in [5, 5.41) is -0.755. The number of carbonyl (C=O) groups excluding carboxylic acids is 1. The van der Waals surface area contributed by atoms with E-state index >= 15 is 0 Å². The molecule has 0 aliphatic carbocycles. The summed E-state index contributed by atoms with van der Waals surface area (Å²) in [4.78, 5) is 13.1. The minimum absolute atomic E-state index is 0.127. The van der Waals surface area contributed by atoms with Crippen molar-refractivity contribution in [3.63, 3.8) is 0 Å². The monoisotopic (exact) mass is 1350 g/mol. The van der Waals surface area contributed by atoms with E-state index in [-0.39, 0.29) is 22.1 Å². The smallest absolute Gasteiger partial charge is 0.462 e. The third kappa shape index (κ3) is 28.9. The summed E-state index contributed by atoms with van der Waals surface area (Å²) >= 11 is 0. The van der Waals surface area contributed by atoms with Crippen LogP contribution in [0, 0.1) is 0 Å². The highest BCUT2D eigenvalue weighted by atomic mass is 28.6. The summed E-state index contributed by atoms with van der Waals surface area (Å²) in [6.07, 6.45) is 0.419. The molecule has 0 bridgehead atoms. The molecule has 0 aromatic heterocycles. The van der Waals surface area contributed by atoms with Gasteiger partial charge in [0.2, 0.25) is 0 Å². The van der Waals surface area contributed by atoms with E-state index in [4.69, 9.17) is 54.1 Å². The van der Waals surface area contributed by atoms with Gasteiger partial charge in [-0.3, -0.25) is 0 Å². The minimum Gasteiger partial charge on any atom is -0.462 e. The fourth-order valence-electron chi connectivity index (χ4n) is 8.36. The van der Waals surface area contributed by atoms with Gasteiger partial charge in [0.15, 0.2) is 99.8 Å². The van der Waals surface area contributed by atoms with E-state index in [1.165, 1.54) is 0 Å². The number of esters is 1. The third-order valence-corrected chi connectivity index (χ3v) is 73.4. The Morgan fingerprint density at radius 2 is 0.500 bits per heavy atom. The molecule has 0 aliphatic heterocycles. The average molecular weight is 1350 g/mol. The lowest BCUT2D eigenvalue weighted by Gasteiger charge is -2.54. The zero-order chi connectivity index (χ0) is 61.2. The normalized spacial score (nSPS) is 17.3. The molecule has 3 atom stereocenters. The van der Waals surface area contributed by atoms with Crippen molar-refractivity contribution in [2.75, 3.05) is 6.61 Å². The SMILES string of the molecule is C=C(C)C(=O)OCCC[Si](O[Si](C)(C)C(C)[Si](O[Si](C)(C)C)(O[Si](C)(C)C)O[Si](C)(C)C)(O[Si](C)(C)C(C)[Si](O[Si](C)(C)C)(O[Si](C)(C)C)O[Si](C)(C)C)O[Si](C)(C)C(C)[Si](O[Si](C)(C)C)(O[Si](C)(C)C)O[Si](C)(C)C. The zero-order valence-corrected chi connectivity index (χ0v) is 72.3. The average Bonchev–Trinajstić information content (AvgIpc) is 3.04. The quantitative estimate of drug-likeness (QED) is 0.0258. The largest absolute Gasteiger partial charge is 0.471 e. The molecular weight excluding hydrogens is 1230 g/mol. The predicted molar refractivity (Wildman–Crippen MR) is 362 cm³/mol. The van der Waals surface area contributed by atoms with Crippen LogP contribution in [0.25, 0.3) is 0 Å². The molecule has 3 unspecified atom stereocenters. The van der Waals surface area contributed by atoms with Gasteiger partial charge in [0.1, 0.15) is 0 Å². The number of carbonyl (C=O) groups is 1. The van der Waals surface area contributed by atoms with Crippen LogP contribution < -0.4 is 0 Å². The van der Waals surface area contributed by atoms with Crippen LogP contribution in [-0.2, 0) is 58.9 Å². The van der Waals surface area contributed by atoms with Gasteiger partial charge in [0.25, 0.3) is 0 Å². The van der Waals surface area contributed by atoms with Crippen molar-refractivity contribution in [2.24, 2.45) is 0 Å². The number of ether oxygens (including phenoxy) is 1. The molecule has 76 heavy (non-hydrogen) atoms. The van der Waals surface area contributed by atoms with Crippen LogP contribution in [0.5, 0.6) is 0 Å². The first-order chi connectivity index (χ1) is 32.8. The molecule has 0 spiro atoms. The number of hydrogen-bond acceptors (Lipinski definition) is 14. The van der Waals surface area contributed by atoms with Gasteiger partial charge in [0.05, 0.1) is 6.61 Å². The lowest BCUT2D eigenvalue weighted by atomic mass is 10.4. The van der Waals surface area contributed by atoms with Gasteiger partial charge in [-0.25, -0.2) is 4.79 Å². The van der Waals surface area contributed by atoms with Crippen molar-refractivity contribution in [3.8, 4) is 0 Å². The van der Waals surface area contributed by atoms with Gasteiger partial charge >= 0.3 is 41.2 Å². The molecule has 0 heterocycles. The van der Waals surface area contributed by atoms with Gasteiger partial charge in [-0.1, -0.05) is 27.4 Å². The molecule has 0 aromatic carbocycles. The van der Waals surface area contributed by atoms with E-state index in [2.05, 4.69) is 243 Å². The molecule has 0 fully saturated rings. The lowest BCUT2D eigenvalue weighted by molar-refractivity contribution is -0.139. The maximum Gasteiger partial charge on any atom is 0.471 e. The van der Waals surface area contributed by atoms with Gasteiger partial charge in [0, 0.05) is 27.1 Å². The fourth-order valence-corrected chi connectivity index (χ4v) is 82.1. The van der Waals surface area contributed by atoms with E-state index < -0.39 is 141 Å². The first-order valence-electron chi connectivity index (χ1n) is 28.0. The second-order valence-electron chi connectivity index (χ2n) is 31.7. The van der Waals surface area contributed by atoms with Crippen molar-refractivity contribution in [3.05, 3.63) is 12.2 Å². The van der Waals surface area contributed by atoms with Crippen LogP contribution in [0.15, 0.2) is 12.2 Å². The van der Waals surface area contributed by atoms with Crippen molar-refractivity contribution in [1.29, 1.82) is 0 Å². The molecule has 0 radical (unpaired) electrons. The summed E-state index contributed by atoms with van der Waals surface area (Å²) in [7, 11) is -45.5. The van der Waals surface area contributed by atoms with Crippen molar-refractivity contribution in [2.45, 2.75) is 272 Å². The second kappa shape index (κ2) is 26.9. The predicted octanol–water partition coefficient (Wildman–Crippen LogP) is 16.4. The molecule has 30 heteroatoms. The first-order valence-corrected chi connectivity index (χ1v) is 75.0. The Kier molecular flexibility index (Phi) is 27.6. The maximum atomic E-state index is 13.1. The molecule has 0 rings (SSSR count). The van der Waals surface area contributed by atoms with Crippen molar-refractivity contribution >= 4 is 141 Å². The molecule has 0 amide bonds.